The summed E-state index contributed by atoms with van der Waals surface area (Å²) in [6.45, 7) is 0.288. The fourth-order valence-corrected chi connectivity index (χ4v) is 9.11. The van der Waals surface area contributed by atoms with Gasteiger partial charge in [0.05, 0.1) is 34.3 Å². The number of rotatable bonds is 4. The van der Waals surface area contributed by atoms with Crippen LogP contribution in [0.25, 0.3) is 0 Å². The summed E-state index contributed by atoms with van der Waals surface area (Å²) < 4.78 is 27.9. The van der Waals surface area contributed by atoms with Crippen molar-refractivity contribution in [1.29, 1.82) is 5.26 Å². The summed E-state index contributed by atoms with van der Waals surface area (Å²) >= 11 is 6.19. The number of nitrogens with zero attached hydrogens (tertiary/aromatic N) is 4. The average Bonchev–Trinajstić information content (AvgIpc) is 2.82. The molecule has 1 aromatic heterocycles. The minimum Gasteiger partial charge on any atom is -0.310 e. The maximum atomic E-state index is 13.5. The van der Waals surface area contributed by atoms with Gasteiger partial charge in [0.25, 0.3) is 0 Å². The van der Waals surface area contributed by atoms with Gasteiger partial charge in [0, 0.05) is 12.1 Å². The third-order valence-electron chi connectivity index (χ3n) is 8.40. The Balaban J connectivity index is 1.23. The molecule has 7 rings (SSSR count). The summed E-state index contributed by atoms with van der Waals surface area (Å²) in [7, 11) is -3.88. The van der Waals surface area contributed by atoms with Gasteiger partial charge in [-0.25, -0.2) is 18.4 Å². The van der Waals surface area contributed by atoms with Gasteiger partial charge >= 0.3 is 0 Å². The summed E-state index contributed by atoms with van der Waals surface area (Å²) in [5, 5.41) is 12.2. The first-order chi connectivity index (χ1) is 16.8. The van der Waals surface area contributed by atoms with Crippen LogP contribution in [0.2, 0.25) is 5.02 Å². The lowest BCUT2D eigenvalue weighted by Crippen LogP contribution is -2.52. The maximum absolute atomic E-state index is 13.5. The Kier molecular flexibility index (Phi) is 5.40. The smallest absolute Gasteiger partial charge is 0.244 e. The van der Waals surface area contributed by atoms with Crippen molar-refractivity contribution in [3.63, 3.8) is 0 Å². The van der Waals surface area contributed by atoms with E-state index in [-0.39, 0.29) is 34.3 Å². The van der Waals surface area contributed by atoms with E-state index >= 15 is 0 Å². The van der Waals surface area contributed by atoms with Crippen LogP contribution in [0.1, 0.15) is 55.3 Å². The number of amides is 1. The van der Waals surface area contributed by atoms with Gasteiger partial charge in [-0.2, -0.15) is 9.57 Å². The van der Waals surface area contributed by atoms with E-state index in [9.17, 15) is 13.2 Å². The molecule has 1 aliphatic heterocycles. The lowest BCUT2D eigenvalue weighted by atomic mass is 9.49. The van der Waals surface area contributed by atoms with Crippen LogP contribution in [0.15, 0.2) is 29.4 Å². The largest absolute Gasteiger partial charge is 0.310 e. The second-order valence-electron chi connectivity index (χ2n) is 10.6. The van der Waals surface area contributed by atoms with E-state index in [1.807, 2.05) is 6.07 Å². The summed E-state index contributed by atoms with van der Waals surface area (Å²) in [4.78, 5) is 22.2. The lowest BCUT2D eigenvalue weighted by molar-refractivity contribution is -0.140. The first-order valence-corrected chi connectivity index (χ1v) is 13.9. The van der Waals surface area contributed by atoms with E-state index in [4.69, 9.17) is 16.9 Å². The molecule has 1 N–H and O–H groups in total. The number of anilines is 1. The summed E-state index contributed by atoms with van der Waals surface area (Å²) in [5.41, 5.74) is 1.39. The summed E-state index contributed by atoms with van der Waals surface area (Å²) in [6, 6.07) is 6.12. The van der Waals surface area contributed by atoms with Crippen molar-refractivity contribution in [2.75, 3.05) is 11.9 Å². The van der Waals surface area contributed by atoms with Crippen LogP contribution in [0.3, 0.4) is 0 Å². The number of halogens is 1. The van der Waals surface area contributed by atoms with Crippen molar-refractivity contribution in [1.82, 2.24) is 14.3 Å². The second-order valence-corrected chi connectivity index (χ2v) is 13.0. The van der Waals surface area contributed by atoms with Crippen molar-refractivity contribution in [3.05, 3.63) is 46.4 Å². The fraction of sp³-hybridized carbons (Fsp3) is 0.520. The van der Waals surface area contributed by atoms with Crippen LogP contribution >= 0.6 is 11.6 Å². The number of carbonyl (C=O) groups is 1. The second kappa shape index (κ2) is 8.26. The molecule has 0 spiro atoms. The zero-order valence-electron chi connectivity index (χ0n) is 19.2. The Morgan fingerprint density at radius 1 is 1.14 bits per heavy atom. The highest BCUT2D eigenvalue weighted by molar-refractivity contribution is 7.89. The van der Waals surface area contributed by atoms with E-state index in [1.54, 1.807) is 0 Å². The van der Waals surface area contributed by atoms with Crippen LogP contribution in [0, 0.1) is 34.5 Å². The molecule has 1 aromatic carbocycles. The number of nitrogens with one attached hydrogen (secondary N) is 1. The zero-order chi connectivity index (χ0) is 24.4. The standard InChI is InChI=1S/C25H26ClN5O3S/c26-20-8-15(12-27)1-2-22(20)35(33,34)31-4-3-19-21(13-31)28-14-29-23(19)30-24(32)25-9-16-5-17(10-25)7-18(6-16)11-25/h1-2,8,14,16-18H,3-7,9-11,13H2,(H,28,29,30,32). The van der Waals surface area contributed by atoms with Crippen LogP contribution < -0.4 is 5.32 Å². The van der Waals surface area contributed by atoms with Crippen molar-refractivity contribution >= 4 is 33.3 Å². The Morgan fingerprint density at radius 2 is 1.83 bits per heavy atom. The molecule has 1 amide bonds. The SMILES string of the molecule is N#Cc1ccc(S(=O)(=O)N2CCc3c(ncnc3NC(=O)C34CC5CC(CC(C5)C3)C4)C2)c(Cl)c1. The Hall–Kier alpha value is -2.54. The minimum absolute atomic E-state index is 0.0149. The number of fused-ring (bicyclic) bond motifs is 1. The predicted molar refractivity (Wildman–Crippen MR) is 129 cm³/mol. The molecule has 35 heavy (non-hydrogen) atoms. The van der Waals surface area contributed by atoms with E-state index < -0.39 is 10.0 Å². The highest BCUT2D eigenvalue weighted by Crippen LogP contribution is 2.60. The van der Waals surface area contributed by atoms with Gasteiger partial charge in [0.15, 0.2) is 0 Å². The van der Waals surface area contributed by atoms with E-state index in [1.165, 1.54) is 48.1 Å². The summed E-state index contributed by atoms with van der Waals surface area (Å²) in [6.07, 6.45) is 8.48. The fourth-order valence-electron chi connectivity index (χ4n) is 7.19. The molecule has 2 heterocycles. The summed E-state index contributed by atoms with van der Waals surface area (Å²) in [5.74, 6) is 2.57. The molecule has 2 aromatic rings. The van der Waals surface area contributed by atoms with Crippen LogP contribution in [-0.4, -0.2) is 35.1 Å². The topological polar surface area (TPSA) is 116 Å². The third kappa shape index (κ3) is 3.83. The third-order valence-corrected chi connectivity index (χ3v) is 10.7. The number of hydrogen-bond donors (Lipinski definition) is 1. The van der Waals surface area contributed by atoms with E-state index in [0.29, 0.717) is 41.2 Å². The van der Waals surface area contributed by atoms with E-state index in [0.717, 1.165) is 24.8 Å². The van der Waals surface area contributed by atoms with Crippen molar-refractivity contribution < 1.29 is 13.2 Å². The van der Waals surface area contributed by atoms with Gasteiger partial charge in [-0.05, 0) is 80.9 Å². The highest BCUT2D eigenvalue weighted by atomic mass is 35.5. The molecule has 0 unspecified atom stereocenters. The first-order valence-electron chi connectivity index (χ1n) is 12.1. The molecule has 4 aliphatic carbocycles. The molecule has 4 saturated carbocycles. The molecule has 10 heteroatoms. The van der Waals surface area contributed by atoms with Crippen LogP contribution in [0.5, 0.6) is 0 Å². The maximum Gasteiger partial charge on any atom is 0.244 e. The van der Waals surface area contributed by atoms with Gasteiger partial charge in [-0.15, -0.1) is 0 Å². The number of aromatic nitrogens is 2. The Morgan fingerprint density at radius 3 is 2.46 bits per heavy atom. The number of carbonyl (C=O) groups excluding carboxylic acids is 1. The van der Waals surface area contributed by atoms with Gasteiger partial charge in [0.1, 0.15) is 17.0 Å². The first kappa shape index (κ1) is 22.9. The molecular weight excluding hydrogens is 486 g/mol. The molecule has 5 aliphatic rings. The quantitative estimate of drug-likeness (QED) is 0.665. The van der Waals surface area contributed by atoms with Crippen molar-refractivity contribution in [3.8, 4) is 6.07 Å². The molecular formula is C25H26ClN5O3S. The number of hydrogen-bond acceptors (Lipinski definition) is 6. The molecule has 0 atom stereocenters. The van der Waals surface area contributed by atoms with Crippen molar-refractivity contribution in [2.24, 2.45) is 23.2 Å². The Labute approximate surface area is 209 Å². The van der Waals surface area contributed by atoms with Crippen LogP contribution in [-0.2, 0) is 27.8 Å². The molecule has 4 bridgehead atoms. The predicted octanol–water partition coefficient (Wildman–Crippen LogP) is 3.90. The molecule has 8 nitrogen and oxygen atoms in total. The van der Waals surface area contributed by atoms with E-state index in [2.05, 4.69) is 15.3 Å². The highest BCUT2D eigenvalue weighted by Gasteiger charge is 2.54. The molecule has 0 radical (unpaired) electrons. The minimum atomic E-state index is -3.88. The molecule has 0 saturated heterocycles. The molecule has 4 fully saturated rings. The monoisotopic (exact) mass is 511 g/mol. The number of nitriles is 1. The zero-order valence-corrected chi connectivity index (χ0v) is 20.8. The normalized spacial score (nSPS) is 29.4. The number of sulfonamides is 1. The van der Waals surface area contributed by atoms with Crippen LogP contribution in [0.4, 0.5) is 5.82 Å². The average molecular weight is 512 g/mol. The molecule has 182 valence electrons. The number of benzene rings is 1. The van der Waals surface area contributed by atoms with Gasteiger partial charge < -0.3 is 5.32 Å². The van der Waals surface area contributed by atoms with Gasteiger partial charge in [0.2, 0.25) is 15.9 Å². The van der Waals surface area contributed by atoms with Gasteiger partial charge in [-0.1, -0.05) is 11.6 Å². The Bertz CT molecular complexity index is 1330. The lowest BCUT2D eigenvalue weighted by Gasteiger charge is -2.55. The van der Waals surface area contributed by atoms with Crippen molar-refractivity contribution in [2.45, 2.75) is 56.4 Å². The van der Waals surface area contributed by atoms with Gasteiger partial charge in [-0.3, -0.25) is 4.79 Å².